The second-order valence-corrected chi connectivity index (χ2v) is 6.15. The molecule has 0 aromatic heterocycles. The maximum absolute atomic E-state index is 12.5. The lowest BCUT2D eigenvalue weighted by atomic mass is 9.74. The summed E-state index contributed by atoms with van der Waals surface area (Å²) in [6.07, 6.45) is 3.91. The molecule has 0 spiro atoms. The van der Waals surface area contributed by atoms with Gasteiger partial charge in [-0.25, -0.2) is 0 Å². The lowest BCUT2D eigenvalue weighted by Gasteiger charge is -2.37. The van der Waals surface area contributed by atoms with E-state index < -0.39 is 5.54 Å². The molecule has 114 valence electrons. The van der Waals surface area contributed by atoms with Crippen molar-refractivity contribution in [3.05, 3.63) is 18.2 Å². The Morgan fingerprint density at radius 1 is 1.29 bits per heavy atom. The van der Waals surface area contributed by atoms with Crippen LogP contribution in [0.1, 0.15) is 32.6 Å². The van der Waals surface area contributed by atoms with Gasteiger partial charge < -0.3 is 20.5 Å². The van der Waals surface area contributed by atoms with E-state index in [2.05, 4.69) is 5.32 Å². The first-order valence-electron chi connectivity index (χ1n) is 7.56. The number of fused-ring (bicyclic) bond motifs is 1. The first-order chi connectivity index (χ1) is 10.1. The van der Waals surface area contributed by atoms with Crippen molar-refractivity contribution >= 4 is 11.6 Å². The van der Waals surface area contributed by atoms with Crippen molar-refractivity contribution in [2.75, 3.05) is 18.5 Å². The Morgan fingerprint density at radius 2 is 2.05 bits per heavy atom. The molecule has 5 nitrogen and oxygen atoms in total. The number of nitrogens with two attached hydrogens (primary N) is 1. The maximum Gasteiger partial charge on any atom is 0.229 e. The maximum atomic E-state index is 12.5. The third-order valence-electron chi connectivity index (χ3n) is 4.38. The molecule has 1 aromatic rings. The van der Waals surface area contributed by atoms with Gasteiger partial charge in [0, 0.05) is 17.3 Å². The summed E-state index contributed by atoms with van der Waals surface area (Å²) in [7, 11) is 0. The molecule has 1 aliphatic carbocycles. The van der Waals surface area contributed by atoms with Gasteiger partial charge in [-0.15, -0.1) is 0 Å². The number of nitrogens with one attached hydrogen (secondary N) is 1. The van der Waals surface area contributed by atoms with Crippen molar-refractivity contribution in [2.24, 2.45) is 11.7 Å². The van der Waals surface area contributed by atoms with E-state index in [0.717, 1.165) is 37.1 Å². The summed E-state index contributed by atoms with van der Waals surface area (Å²) in [5, 5.41) is 2.96. The molecule has 0 saturated heterocycles. The fraction of sp³-hybridized carbons (Fsp3) is 0.562. The minimum Gasteiger partial charge on any atom is -0.486 e. The van der Waals surface area contributed by atoms with Gasteiger partial charge in [-0.2, -0.15) is 0 Å². The Balaban J connectivity index is 1.72. The van der Waals surface area contributed by atoms with Gasteiger partial charge in [0.05, 0.1) is 5.92 Å². The van der Waals surface area contributed by atoms with Gasteiger partial charge in [-0.1, -0.05) is 12.8 Å². The lowest BCUT2D eigenvalue weighted by Crippen LogP contribution is -2.51. The molecule has 1 aliphatic heterocycles. The van der Waals surface area contributed by atoms with Crippen LogP contribution in [-0.2, 0) is 4.79 Å². The highest BCUT2D eigenvalue weighted by Crippen LogP contribution is 2.35. The second kappa shape index (κ2) is 5.56. The summed E-state index contributed by atoms with van der Waals surface area (Å²) >= 11 is 0. The lowest BCUT2D eigenvalue weighted by molar-refractivity contribution is -0.122. The fourth-order valence-corrected chi connectivity index (χ4v) is 3.14. The van der Waals surface area contributed by atoms with Crippen LogP contribution in [0.2, 0.25) is 0 Å². The van der Waals surface area contributed by atoms with Gasteiger partial charge in [-0.3, -0.25) is 4.79 Å². The Hall–Kier alpha value is -1.75. The highest BCUT2D eigenvalue weighted by atomic mass is 16.6. The zero-order valence-electron chi connectivity index (χ0n) is 12.4. The molecule has 1 amide bonds. The molecule has 1 fully saturated rings. The third kappa shape index (κ3) is 2.97. The van der Waals surface area contributed by atoms with Crippen molar-refractivity contribution in [2.45, 2.75) is 38.1 Å². The average molecular weight is 290 g/mol. The predicted molar refractivity (Wildman–Crippen MR) is 80.6 cm³/mol. The van der Waals surface area contributed by atoms with Crippen LogP contribution in [0.4, 0.5) is 5.69 Å². The molecule has 0 bridgehead atoms. The zero-order chi connectivity index (χ0) is 14.9. The molecule has 5 heteroatoms. The quantitative estimate of drug-likeness (QED) is 0.876. The van der Waals surface area contributed by atoms with Crippen molar-refractivity contribution < 1.29 is 14.3 Å². The normalized spacial score (nSPS) is 28.0. The number of carbonyl (C=O) groups excluding carboxylic acids is 1. The van der Waals surface area contributed by atoms with Gasteiger partial charge in [0.2, 0.25) is 5.91 Å². The number of benzene rings is 1. The van der Waals surface area contributed by atoms with Gasteiger partial charge in [0.15, 0.2) is 11.5 Å². The van der Waals surface area contributed by atoms with Gasteiger partial charge in [0.1, 0.15) is 13.2 Å². The highest BCUT2D eigenvalue weighted by molar-refractivity contribution is 5.93. The Bertz CT molecular complexity index is 542. The Morgan fingerprint density at radius 3 is 2.81 bits per heavy atom. The number of amides is 1. The van der Waals surface area contributed by atoms with E-state index in [9.17, 15) is 4.79 Å². The molecule has 2 unspecified atom stereocenters. The van der Waals surface area contributed by atoms with Crippen LogP contribution in [0.5, 0.6) is 11.5 Å². The first kappa shape index (κ1) is 14.2. The third-order valence-corrected chi connectivity index (χ3v) is 4.38. The van der Waals surface area contributed by atoms with Crippen molar-refractivity contribution in [1.82, 2.24) is 0 Å². The number of carbonyl (C=O) groups is 1. The molecule has 1 heterocycles. The summed E-state index contributed by atoms with van der Waals surface area (Å²) in [4.78, 5) is 12.5. The van der Waals surface area contributed by atoms with E-state index in [1.807, 2.05) is 25.1 Å². The van der Waals surface area contributed by atoms with E-state index in [-0.39, 0.29) is 11.8 Å². The second-order valence-electron chi connectivity index (χ2n) is 6.15. The van der Waals surface area contributed by atoms with Crippen LogP contribution in [0.15, 0.2) is 18.2 Å². The SMILES string of the molecule is CC1(N)CCCCC1C(=O)Nc1ccc2c(c1)OCCO2. The number of rotatable bonds is 2. The monoisotopic (exact) mass is 290 g/mol. The van der Waals surface area contributed by atoms with Crippen LogP contribution in [0, 0.1) is 5.92 Å². The molecular weight excluding hydrogens is 268 g/mol. The van der Waals surface area contributed by atoms with E-state index >= 15 is 0 Å². The number of hydrogen-bond acceptors (Lipinski definition) is 4. The van der Waals surface area contributed by atoms with E-state index in [0.29, 0.717) is 19.0 Å². The Kier molecular flexibility index (Phi) is 3.76. The molecule has 3 rings (SSSR count). The van der Waals surface area contributed by atoms with Gasteiger partial charge in [0.25, 0.3) is 0 Å². The summed E-state index contributed by atoms with van der Waals surface area (Å²) in [5.41, 5.74) is 6.59. The van der Waals surface area contributed by atoms with Gasteiger partial charge >= 0.3 is 0 Å². The summed E-state index contributed by atoms with van der Waals surface area (Å²) in [6.45, 7) is 3.07. The van der Waals surface area contributed by atoms with Crippen LogP contribution in [0.25, 0.3) is 0 Å². The molecule has 1 aromatic carbocycles. The van der Waals surface area contributed by atoms with Crippen LogP contribution >= 0.6 is 0 Å². The number of anilines is 1. The average Bonchev–Trinajstić information content (AvgIpc) is 2.46. The Labute approximate surface area is 124 Å². The van der Waals surface area contributed by atoms with Crippen molar-refractivity contribution in [3.63, 3.8) is 0 Å². The molecular formula is C16H22N2O3. The summed E-state index contributed by atoms with van der Waals surface area (Å²) in [5.74, 6) is 1.26. The standard InChI is InChI=1S/C16H22N2O3/c1-16(17)7-3-2-4-12(16)15(19)18-11-5-6-13-14(10-11)21-9-8-20-13/h5-6,10,12H,2-4,7-9,17H2,1H3,(H,18,19). The zero-order valence-corrected chi connectivity index (χ0v) is 12.4. The van der Waals surface area contributed by atoms with E-state index in [4.69, 9.17) is 15.2 Å². The molecule has 21 heavy (non-hydrogen) atoms. The van der Waals surface area contributed by atoms with Crippen molar-refractivity contribution in [3.8, 4) is 11.5 Å². The van der Waals surface area contributed by atoms with Gasteiger partial charge in [-0.05, 0) is 31.9 Å². The topological polar surface area (TPSA) is 73.6 Å². The minimum absolute atomic E-state index is 0.00335. The smallest absolute Gasteiger partial charge is 0.229 e. The number of hydrogen-bond donors (Lipinski definition) is 2. The predicted octanol–water partition coefficient (Wildman–Crippen LogP) is 2.30. The minimum atomic E-state index is -0.420. The highest BCUT2D eigenvalue weighted by Gasteiger charge is 2.37. The van der Waals surface area contributed by atoms with Crippen LogP contribution in [-0.4, -0.2) is 24.7 Å². The molecule has 2 aliphatic rings. The molecule has 0 radical (unpaired) electrons. The largest absolute Gasteiger partial charge is 0.486 e. The van der Waals surface area contributed by atoms with Crippen LogP contribution < -0.4 is 20.5 Å². The van der Waals surface area contributed by atoms with Crippen molar-refractivity contribution in [1.29, 1.82) is 0 Å². The first-order valence-corrected chi connectivity index (χ1v) is 7.56. The van der Waals surface area contributed by atoms with E-state index in [1.165, 1.54) is 0 Å². The number of ether oxygens (including phenoxy) is 2. The fourth-order valence-electron chi connectivity index (χ4n) is 3.14. The summed E-state index contributed by atoms with van der Waals surface area (Å²) < 4.78 is 11.0. The van der Waals surface area contributed by atoms with Crippen LogP contribution in [0.3, 0.4) is 0 Å². The van der Waals surface area contributed by atoms with E-state index in [1.54, 1.807) is 0 Å². The molecule has 1 saturated carbocycles. The molecule has 2 atom stereocenters. The molecule has 3 N–H and O–H groups in total. The summed E-state index contributed by atoms with van der Waals surface area (Å²) in [6, 6.07) is 5.47.